The first-order valence-electron chi connectivity index (χ1n) is 13.0. The minimum Gasteiger partial charge on any atom is -0.423 e. The first-order valence-corrected chi connectivity index (χ1v) is 13.0. The van der Waals surface area contributed by atoms with Crippen molar-refractivity contribution < 1.29 is 27.8 Å². The van der Waals surface area contributed by atoms with Crippen LogP contribution >= 0.6 is 0 Å². The van der Waals surface area contributed by atoms with Crippen molar-refractivity contribution in [3.8, 4) is 22.6 Å². The summed E-state index contributed by atoms with van der Waals surface area (Å²) < 4.78 is 40.1. The lowest BCUT2D eigenvalue weighted by Gasteiger charge is -2.29. The minimum atomic E-state index is -0.581. The predicted molar refractivity (Wildman–Crippen MR) is 148 cm³/mol. The van der Waals surface area contributed by atoms with Crippen LogP contribution in [0.2, 0.25) is 0 Å². The van der Waals surface area contributed by atoms with Crippen LogP contribution in [-0.2, 0) is 16.0 Å². The Hall–Kier alpha value is -4.06. The Bertz CT molecular complexity index is 1400. The summed E-state index contributed by atoms with van der Waals surface area (Å²) in [6.07, 6.45) is 4.01. The number of carbonyl (C=O) groups excluding carboxylic acids is 2. The highest BCUT2D eigenvalue weighted by molar-refractivity contribution is 5.89. The van der Waals surface area contributed by atoms with Gasteiger partial charge in [0.2, 0.25) is 0 Å². The van der Waals surface area contributed by atoms with Crippen molar-refractivity contribution in [2.45, 2.75) is 51.9 Å². The fraction of sp³-hybridized carbons (Fsp3) is 0.273. The van der Waals surface area contributed by atoms with Gasteiger partial charge in [0.15, 0.2) is 0 Å². The zero-order valence-electron chi connectivity index (χ0n) is 22.3. The Morgan fingerprint density at radius 2 is 1.31 bits per heavy atom. The molecule has 0 aliphatic heterocycles. The maximum Gasteiger partial charge on any atom is 0.338 e. The molecule has 1 aliphatic carbocycles. The molecule has 0 heterocycles. The molecule has 3 aromatic rings. The van der Waals surface area contributed by atoms with Crippen LogP contribution in [0.15, 0.2) is 85.0 Å². The molecule has 0 amide bonds. The zero-order chi connectivity index (χ0) is 28.1. The molecule has 1 fully saturated rings. The van der Waals surface area contributed by atoms with Crippen LogP contribution in [0.3, 0.4) is 0 Å². The first-order chi connectivity index (χ1) is 18.6. The lowest BCUT2D eigenvalue weighted by atomic mass is 9.76. The highest BCUT2D eigenvalue weighted by Gasteiger charge is 2.25. The third-order valence-corrected chi connectivity index (χ3v) is 7.13. The van der Waals surface area contributed by atoms with Crippen LogP contribution in [-0.4, -0.2) is 11.9 Å². The Kier molecular flexibility index (Phi) is 8.75. The van der Waals surface area contributed by atoms with E-state index in [-0.39, 0.29) is 28.9 Å². The summed E-state index contributed by atoms with van der Waals surface area (Å²) in [7, 11) is 0. The Morgan fingerprint density at radius 1 is 0.744 bits per heavy atom. The van der Waals surface area contributed by atoms with Crippen LogP contribution in [0.5, 0.6) is 11.5 Å². The number of esters is 2. The second-order valence-electron chi connectivity index (χ2n) is 10.3. The van der Waals surface area contributed by atoms with E-state index in [4.69, 9.17) is 9.47 Å². The number of rotatable bonds is 8. The van der Waals surface area contributed by atoms with Gasteiger partial charge in [-0.2, -0.15) is 0 Å². The molecule has 0 atom stereocenters. The van der Waals surface area contributed by atoms with Crippen LogP contribution < -0.4 is 9.47 Å². The molecule has 0 saturated heterocycles. The molecule has 4 rings (SSSR count). The number of hydrogen-bond acceptors (Lipinski definition) is 4. The van der Waals surface area contributed by atoms with Crippen molar-refractivity contribution in [2.75, 3.05) is 0 Å². The van der Waals surface area contributed by atoms with Gasteiger partial charge in [-0.3, -0.25) is 0 Å². The van der Waals surface area contributed by atoms with Gasteiger partial charge < -0.3 is 9.47 Å². The number of benzene rings is 3. The minimum absolute atomic E-state index is 0.0806. The number of carbonyl (C=O) groups is 2. The molecular weight excluding hydrogens is 498 g/mol. The SMILES string of the molecule is C=C(C)C(=O)Oc1ccc(-c2ccc(CC3CCC(c4ccc(OC(=O)C(=C)C)cc4F)CC3)c(F)c2)cc1. The van der Waals surface area contributed by atoms with Crippen molar-refractivity contribution in [2.24, 2.45) is 5.92 Å². The molecule has 6 heteroatoms. The Balaban J connectivity index is 1.33. The van der Waals surface area contributed by atoms with E-state index in [1.807, 2.05) is 12.1 Å². The second-order valence-corrected chi connectivity index (χ2v) is 10.3. The van der Waals surface area contributed by atoms with Crippen LogP contribution in [0.4, 0.5) is 8.78 Å². The van der Waals surface area contributed by atoms with Gasteiger partial charge in [0, 0.05) is 17.2 Å². The van der Waals surface area contributed by atoms with Gasteiger partial charge >= 0.3 is 11.9 Å². The number of ether oxygens (including phenoxy) is 2. The molecular formula is C33H32F2O4. The third-order valence-electron chi connectivity index (χ3n) is 7.13. The molecule has 0 N–H and O–H groups in total. The van der Waals surface area contributed by atoms with Gasteiger partial charge in [-0.15, -0.1) is 0 Å². The van der Waals surface area contributed by atoms with Gasteiger partial charge in [-0.1, -0.05) is 43.5 Å². The molecule has 0 unspecified atom stereocenters. The first kappa shape index (κ1) is 28.0. The van der Waals surface area contributed by atoms with Gasteiger partial charge in [-0.25, -0.2) is 18.4 Å². The largest absolute Gasteiger partial charge is 0.423 e. The van der Waals surface area contributed by atoms with Gasteiger partial charge in [0.05, 0.1) is 0 Å². The fourth-order valence-electron chi connectivity index (χ4n) is 4.89. The molecule has 3 aromatic carbocycles. The van der Waals surface area contributed by atoms with E-state index >= 15 is 4.39 Å². The maximum atomic E-state index is 15.0. The average Bonchev–Trinajstić information content (AvgIpc) is 2.91. The van der Waals surface area contributed by atoms with Crippen molar-refractivity contribution in [1.82, 2.24) is 0 Å². The average molecular weight is 531 g/mol. The van der Waals surface area contributed by atoms with E-state index in [9.17, 15) is 14.0 Å². The molecule has 0 spiro atoms. The fourth-order valence-corrected chi connectivity index (χ4v) is 4.89. The van der Waals surface area contributed by atoms with Gasteiger partial charge in [0.1, 0.15) is 23.1 Å². The van der Waals surface area contributed by atoms with Crippen molar-refractivity contribution in [3.05, 3.63) is 108 Å². The smallest absolute Gasteiger partial charge is 0.338 e. The normalized spacial score (nSPS) is 16.8. The summed E-state index contributed by atoms with van der Waals surface area (Å²) in [4.78, 5) is 23.4. The topological polar surface area (TPSA) is 52.6 Å². The van der Waals surface area contributed by atoms with Crippen LogP contribution in [0.25, 0.3) is 11.1 Å². The van der Waals surface area contributed by atoms with E-state index in [0.717, 1.165) is 36.8 Å². The molecule has 4 nitrogen and oxygen atoms in total. The Morgan fingerprint density at radius 3 is 1.87 bits per heavy atom. The lowest BCUT2D eigenvalue weighted by Crippen LogP contribution is -2.17. The van der Waals surface area contributed by atoms with E-state index in [1.165, 1.54) is 19.1 Å². The lowest BCUT2D eigenvalue weighted by molar-refractivity contribution is -0.130. The van der Waals surface area contributed by atoms with Gasteiger partial charge in [-0.05, 0) is 104 Å². The summed E-state index contributed by atoms with van der Waals surface area (Å²) >= 11 is 0. The standard InChI is InChI=1S/C33H32F2O4/c1-20(2)32(36)38-27-13-11-23(12-14-27)25-9-10-26(30(34)18-25)17-22-5-7-24(8-6-22)29-16-15-28(19-31(29)35)39-33(37)21(3)4/h9-16,18-19,22,24H,1,3,5-8,17H2,2,4H3. The zero-order valence-corrected chi connectivity index (χ0v) is 22.3. The number of hydrogen-bond donors (Lipinski definition) is 0. The summed E-state index contributed by atoms with van der Waals surface area (Å²) in [5.74, 6) is -0.730. The summed E-state index contributed by atoms with van der Waals surface area (Å²) in [5, 5.41) is 0. The van der Waals surface area contributed by atoms with E-state index < -0.39 is 11.9 Å². The van der Waals surface area contributed by atoms with Crippen LogP contribution in [0, 0.1) is 17.6 Å². The van der Waals surface area contributed by atoms with E-state index in [2.05, 4.69) is 13.2 Å². The van der Waals surface area contributed by atoms with E-state index in [1.54, 1.807) is 43.3 Å². The summed E-state index contributed by atoms with van der Waals surface area (Å²) in [5.41, 5.74) is 3.42. The molecule has 0 bridgehead atoms. The van der Waals surface area contributed by atoms with Crippen LogP contribution in [0.1, 0.15) is 56.6 Å². The molecule has 1 saturated carbocycles. The quantitative estimate of drug-likeness (QED) is 0.168. The predicted octanol–water partition coefficient (Wildman–Crippen LogP) is 8.11. The van der Waals surface area contributed by atoms with E-state index in [0.29, 0.717) is 34.8 Å². The Labute approximate surface area is 228 Å². The molecule has 202 valence electrons. The highest BCUT2D eigenvalue weighted by Crippen LogP contribution is 2.39. The molecule has 39 heavy (non-hydrogen) atoms. The highest BCUT2D eigenvalue weighted by atomic mass is 19.1. The monoisotopic (exact) mass is 530 g/mol. The maximum absolute atomic E-state index is 15.0. The third kappa shape index (κ3) is 7.08. The molecule has 0 aromatic heterocycles. The molecule has 1 aliphatic rings. The summed E-state index contributed by atoms with van der Waals surface area (Å²) in [6, 6.07) is 16.7. The number of halogens is 2. The second kappa shape index (κ2) is 12.2. The van der Waals surface area contributed by atoms with Crippen molar-refractivity contribution >= 4 is 11.9 Å². The van der Waals surface area contributed by atoms with Gasteiger partial charge in [0.25, 0.3) is 0 Å². The van der Waals surface area contributed by atoms with Crippen molar-refractivity contribution in [3.63, 3.8) is 0 Å². The molecule has 0 radical (unpaired) electrons. The summed E-state index contributed by atoms with van der Waals surface area (Å²) in [6.45, 7) is 10.2. The van der Waals surface area contributed by atoms with Crippen molar-refractivity contribution in [1.29, 1.82) is 0 Å².